The summed E-state index contributed by atoms with van der Waals surface area (Å²) in [6.45, 7) is 3.56. The van der Waals surface area contributed by atoms with Gasteiger partial charge in [0.15, 0.2) is 16.3 Å². The molecule has 0 bridgehead atoms. The van der Waals surface area contributed by atoms with Gasteiger partial charge < -0.3 is 19.7 Å². The van der Waals surface area contributed by atoms with Crippen molar-refractivity contribution in [2.45, 2.75) is 19.9 Å². The van der Waals surface area contributed by atoms with Crippen LogP contribution in [0.4, 0.5) is 0 Å². The maximum atomic E-state index is 13.2. The predicted molar refractivity (Wildman–Crippen MR) is 124 cm³/mol. The van der Waals surface area contributed by atoms with Crippen LogP contribution >= 0.6 is 11.3 Å². The Kier molecular flexibility index (Phi) is 6.06. The van der Waals surface area contributed by atoms with Crippen molar-refractivity contribution in [3.63, 3.8) is 0 Å². The molecular weight excluding hydrogens is 444 g/mol. The van der Waals surface area contributed by atoms with E-state index in [2.05, 4.69) is 0 Å². The fourth-order valence-corrected chi connectivity index (χ4v) is 4.73. The van der Waals surface area contributed by atoms with E-state index < -0.39 is 12.0 Å². The summed E-state index contributed by atoms with van der Waals surface area (Å²) in [6, 6.07) is 10.6. The van der Waals surface area contributed by atoms with Crippen molar-refractivity contribution >= 4 is 29.1 Å². The quantitative estimate of drug-likeness (QED) is 0.559. The topological polar surface area (TPSA) is 110 Å². The molecule has 2 N–H and O–H groups in total. The van der Waals surface area contributed by atoms with Crippen LogP contribution < -0.4 is 19.6 Å². The zero-order valence-electron chi connectivity index (χ0n) is 18.2. The molecule has 0 fully saturated rings. The number of phenols is 2. The Bertz CT molecular complexity index is 1450. The van der Waals surface area contributed by atoms with Crippen LogP contribution in [0.3, 0.4) is 0 Å². The lowest BCUT2D eigenvalue weighted by Crippen LogP contribution is -2.35. The molecular formula is C24H22N2O6S. The highest BCUT2D eigenvalue weighted by Crippen LogP contribution is 2.36. The molecule has 2 aromatic carbocycles. The van der Waals surface area contributed by atoms with Crippen LogP contribution in [0.1, 0.15) is 31.0 Å². The molecule has 0 amide bonds. The minimum absolute atomic E-state index is 0.0357. The third-order valence-electron chi connectivity index (χ3n) is 5.23. The second-order valence-electron chi connectivity index (χ2n) is 7.31. The van der Waals surface area contributed by atoms with Gasteiger partial charge in [-0.15, -0.1) is 0 Å². The van der Waals surface area contributed by atoms with Gasteiger partial charge in [0, 0.05) is 5.70 Å². The minimum atomic E-state index is -0.745. The Morgan fingerprint density at radius 3 is 2.73 bits per heavy atom. The number of aromatic hydroxyl groups is 2. The second kappa shape index (κ2) is 8.95. The number of ether oxygens (including phenoxy) is 2. The van der Waals surface area contributed by atoms with E-state index in [1.807, 2.05) is 0 Å². The molecule has 2 heterocycles. The summed E-state index contributed by atoms with van der Waals surface area (Å²) in [4.78, 5) is 31.2. The Morgan fingerprint density at radius 2 is 2.03 bits per heavy atom. The Balaban J connectivity index is 1.96. The smallest absolute Gasteiger partial charge is 0.338 e. The molecule has 1 unspecified atom stereocenters. The highest BCUT2D eigenvalue weighted by molar-refractivity contribution is 7.07. The van der Waals surface area contributed by atoms with Gasteiger partial charge in [-0.25, -0.2) is 9.79 Å². The number of benzene rings is 2. The lowest BCUT2D eigenvalue weighted by Gasteiger charge is -2.22. The normalized spacial score (nSPS) is 15.7. The number of allylic oxidation sites excluding steroid dienone is 1. The largest absolute Gasteiger partial charge is 0.508 e. The molecule has 0 radical (unpaired) electrons. The number of hydrogen-bond donors (Lipinski definition) is 2. The van der Waals surface area contributed by atoms with E-state index in [1.165, 1.54) is 29.1 Å². The fraction of sp³-hybridized carbons (Fsp3) is 0.208. The van der Waals surface area contributed by atoms with Gasteiger partial charge in [-0.3, -0.25) is 9.36 Å². The van der Waals surface area contributed by atoms with Gasteiger partial charge >= 0.3 is 5.97 Å². The number of esters is 1. The average molecular weight is 467 g/mol. The number of carbonyl (C=O) groups excluding carboxylic acids is 1. The SMILES string of the molecule is CCOC(=O)C1=C(C)n2c(sc(=Cc3cccc(O)c3)c2=O)=NC1c1ccc(O)c(OC)c1. The highest BCUT2D eigenvalue weighted by atomic mass is 32.1. The van der Waals surface area contributed by atoms with Crippen molar-refractivity contribution in [1.29, 1.82) is 0 Å². The summed E-state index contributed by atoms with van der Waals surface area (Å²) < 4.78 is 12.3. The zero-order chi connectivity index (χ0) is 23.7. The van der Waals surface area contributed by atoms with Crippen molar-refractivity contribution in [3.05, 3.63) is 78.9 Å². The fourth-order valence-electron chi connectivity index (χ4n) is 3.69. The number of phenolic OH excluding ortho intramolecular Hbond substituents is 2. The summed E-state index contributed by atoms with van der Waals surface area (Å²) in [5, 5.41) is 19.7. The predicted octanol–water partition coefficient (Wildman–Crippen LogP) is 2.33. The van der Waals surface area contributed by atoms with Crippen LogP contribution in [0.25, 0.3) is 11.8 Å². The lowest BCUT2D eigenvalue weighted by atomic mass is 9.96. The number of methoxy groups -OCH3 is 1. The van der Waals surface area contributed by atoms with Crippen molar-refractivity contribution in [2.75, 3.05) is 13.7 Å². The van der Waals surface area contributed by atoms with Crippen LogP contribution in [0, 0.1) is 0 Å². The Labute approximate surface area is 193 Å². The number of thiazole rings is 1. The van der Waals surface area contributed by atoms with Gasteiger partial charge in [-0.2, -0.15) is 0 Å². The maximum absolute atomic E-state index is 13.2. The number of carbonyl (C=O) groups is 1. The molecule has 4 rings (SSSR count). The third-order valence-corrected chi connectivity index (χ3v) is 6.21. The number of rotatable bonds is 5. The summed E-state index contributed by atoms with van der Waals surface area (Å²) in [7, 11) is 1.44. The van der Waals surface area contributed by atoms with E-state index in [1.54, 1.807) is 56.3 Å². The van der Waals surface area contributed by atoms with Crippen LogP contribution in [0.5, 0.6) is 17.2 Å². The number of hydrogen-bond acceptors (Lipinski definition) is 8. The van der Waals surface area contributed by atoms with Crippen LogP contribution in [-0.4, -0.2) is 34.5 Å². The molecule has 1 aliphatic heterocycles. The molecule has 9 heteroatoms. The summed E-state index contributed by atoms with van der Waals surface area (Å²) in [5.41, 5.74) is 1.62. The van der Waals surface area contributed by atoms with Crippen molar-refractivity contribution < 1.29 is 24.5 Å². The van der Waals surface area contributed by atoms with E-state index in [-0.39, 0.29) is 35.0 Å². The first-order valence-electron chi connectivity index (χ1n) is 10.2. The summed E-state index contributed by atoms with van der Waals surface area (Å²) >= 11 is 1.18. The number of nitrogens with zero attached hydrogens (tertiary/aromatic N) is 2. The van der Waals surface area contributed by atoms with Crippen LogP contribution in [-0.2, 0) is 9.53 Å². The third kappa shape index (κ3) is 4.14. The number of aromatic nitrogens is 1. The second-order valence-corrected chi connectivity index (χ2v) is 8.32. The molecule has 0 spiro atoms. The Hall–Kier alpha value is -3.85. The molecule has 3 aromatic rings. The minimum Gasteiger partial charge on any atom is -0.508 e. The van der Waals surface area contributed by atoms with Gasteiger partial charge in [0.25, 0.3) is 5.56 Å². The van der Waals surface area contributed by atoms with Gasteiger partial charge in [0.2, 0.25) is 0 Å². The molecule has 170 valence electrons. The van der Waals surface area contributed by atoms with Crippen molar-refractivity contribution in [2.24, 2.45) is 4.99 Å². The highest BCUT2D eigenvalue weighted by Gasteiger charge is 2.31. The molecule has 0 saturated heterocycles. The van der Waals surface area contributed by atoms with Crippen LogP contribution in [0.15, 0.2) is 57.8 Å². The molecule has 1 atom stereocenters. The van der Waals surface area contributed by atoms with E-state index in [9.17, 15) is 19.8 Å². The Morgan fingerprint density at radius 1 is 1.24 bits per heavy atom. The first kappa shape index (κ1) is 22.3. The van der Waals surface area contributed by atoms with Crippen molar-refractivity contribution in [3.8, 4) is 17.2 Å². The van der Waals surface area contributed by atoms with Gasteiger partial charge in [-0.1, -0.05) is 29.5 Å². The molecule has 1 aliphatic rings. The molecule has 0 aliphatic carbocycles. The monoisotopic (exact) mass is 466 g/mol. The van der Waals surface area contributed by atoms with Gasteiger partial charge in [0.1, 0.15) is 11.8 Å². The maximum Gasteiger partial charge on any atom is 0.338 e. The first-order chi connectivity index (χ1) is 15.8. The summed E-state index contributed by atoms with van der Waals surface area (Å²) in [5.74, 6) is -0.267. The van der Waals surface area contributed by atoms with E-state index >= 15 is 0 Å². The average Bonchev–Trinajstić information content (AvgIpc) is 3.09. The van der Waals surface area contributed by atoms with Gasteiger partial charge in [0.05, 0.1) is 23.8 Å². The number of fused-ring (bicyclic) bond motifs is 1. The van der Waals surface area contributed by atoms with E-state index in [4.69, 9.17) is 14.5 Å². The summed E-state index contributed by atoms with van der Waals surface area (Å²) in [6.07, 6.45) is 1.67. The van der Waals surface area contributed by atoms with Crippen LogP contribution in [0.2, 0.25) is 0 Å². The van der Waals surface area contributed by atoms with Gasteiger partial charge in [-0.05, 0) is 55.3 Å². The zero-order valence-corrected chi connectivity index (χ0v) is 19.0. The lowest BCUT2D eigenvalue weighted by molar-refractivity contribution is -0.138. The van der Waals surface area contributed by atoms with Crippen molar-refractivity contribution in [1.82, 2.24) is 4.57 Å². The van der Waals surface area contributed by atoms with E-state index in [0.29, 0.717) is 26.2 Å². The molecule has 33 heavy (non-hydrogen) atoms. The molecule has 8 nitrogen and oxygen atoms in total. The standard InChI is InChI=1S/C24H22N2O6S/c1-4-32-23(30)20-13(2)26-22(29)19(11-14-6-5-7-16(27)10-14)33-24(26)25-21(20)15-8-9-17(28)18(12-15)31-3/h5-12,21,27-28H,4H2,1-3H3. The van der Waals surface area contributed by atoms with E-state index in [0.717, 1.165) is 0 Å². The molecule has 1 aromatic heterocycles. The molecule has 0 saturated carbocycles. The first-order valence-corrected chi connectivity index (χ1v) is 11.0.